The first-order valence-electron chi connectivity index (χ1n) is 6.76. The van der Waals surface area contributed by atoms with E-state index in [9.17, 15) is 0 Å². The van der Waals surface area contributed by atoms with Gasteiger partial charge in [0.05, 0.1) is 17.0 Å². The monoisotopic (exact) mass is 363 g/mol. The van der Waals surface area contributed by atoms with E-state index in [-0.39, 0.29) is 17.4 Å². The molecule has 0 radical (unpaired) electrons. The third kappa shape index (κ3) is 1.37. The van der Waals surface area contributed by atoms with Crippen LogP contribution in [0.2, 0.25) is 0 Å². The van der Waals surface area contributed by atoms with Crippen molar-refractivity contribution in [3.63, 3.8) is 0 Å². The molecular formula is C15H13Cl4NO. The highest BCUT2D eigenvalue weighted by molar-refractivity contribution is 6.71. The zero-order chi connectivity index (χ0) is 15.3. The van der Waals surface area contributed by atoms with Gasteiger partial charge in [-0.15, -0.1) is 0 Å². The van der Waals surface area contributed by atoms with Gasteiger partial charge in [0.15, 0.2) is 8.67 Å². The van der Waals surface area contributed by atoms with E-state index < -0.39 is 14.1 Å². The molecule has 0 amide bonds. The van der Waals surface area contributed by atoms with Crippen molar-refractivity contribution in [2.75, 3.05) is 0 Å². The number of rotatable bonds is 2. The topological polar surface area (TPSA) is 21.6 Å². The Bertz CT molecular complexity index is 643. The fraction of sp³-hybridized carbons (Fsp3) is 0.533. The summed E-state index contributed by atoms with van der Waals surface area (Å²) in [4.78, 5) is 5.62. The fourth-order valence-corrected chi connectivity index (χ4v) is 5.36. The summed E-state index contributed by atoms with van der Waals surface area (Å²) in [5, 5.41) is 4.19. The molecule has 3 unspecified atom stereocenters. The highest BCUT2D eigenvalue weighted by Gasteiger charge is 2.90. The molecular weight excluding hydrogens is 352 g/mol. The number of fused-ring (bicyclic) bond motifs is 1. The molecule has 0 aromatic heterocycles. The third-order valence-electron chi connectivity index (χ3n) is 5.49. The van der Waals surface area contributed by atoms with Gasteiger partial charge in [-0.05, 0) is 12.5 Å². The lowest BCUT2D eigenvalue weighted by atomic mass is 9.89. The maximum absolute atomic E-state index is 6.31. The van der Waals surface area contributed by atoms with Gasteiger partial charge < -0.3 is 4.84 Å². The van der Waals surface area contributed by atoms with Crippen LogP contribution in [-0.2, 0) is 10.3 Å². The molecule has 1 aliphatic heterocycles. The molecule has 0 N–H and O–H groups in total. The minimum absolute atomic E-state index is 0.000548. The van der Waals surface area contributed by atoms with Crippen molar-refractivity contribution >= 4 is 52.1 Å². The van der Waals surface area contributed by atoms with Gasteiger partial charge in [0.1, 0.15) is 6.10 Å². The van der Waals surface area contributed by atoms with E-state index in [0.29, 0.717) is 0 Å². The third-order valence-corrected chi connectivity index (χ3v) is 8.52. The zero-order valence-corrected chi connectivity index (χ0v) is 14.4. The predicted molar refractivity (Wildman–Crippen MR) is 86.6 cm³/mol. The van der Waals surface area contributed by atoms with E-state index >= 15 is 0 Å². The number of halogens is 4. The van der Waals surface area contributed by atoms with E-state index in [1.54, 1.807) is 0 Å². The molecule has 0 bridgehead atoms. The standard InChI is InChI=1S/C15H13Cl4NO/c1-12(8-6-4-3-5-7-8)9-10(20-21-11(9)12)13(2)14(16,17)15(13,18)19/h3-7,9,11H,1-2H3. The Balaban J connectivity index is 1.71. The van der Waals surface area contributed by atoms with Gasteiger partial charge in [-0.1, -0.05) is 88.8 Å². The van der Waals surface area contributed by atoms with Gasteiger partial charge in [0, 0.05) is 5.41 Å². The Hall–Kier alpha value is -0.150. The molecule has 0 spiro atoms. The summed E-state index contributed by atoms with van der Waals surface area (Å²) in [6, 6.07) is 10.2. The lowest BCUT2D eigenvalue weighted by Gasteiger charge is -2.18. The number of alkyl halides is 4. The van der Waals surface area contributed by atoms with E-state index in [4.69, 9.17) is 51.2 Å². The van der Waals surface area contributed by atoms with Gasteiger partial charge >= 0.3 is 0 Å². The van der Waals surface area contributed by atoms with Crippen molar-refractivity contribution in [3.05, 3.63) is 35.9 Å². The van der Waals surface area contributed by atoms with E-state index in [2.05, 4.69) is 24.2 Å². The van der Waals surface area contributed by atoms with Crippen molar-refractivity contribution < 1.29 is 4.84 Å². The molecule has 1 aromatic carbocycles. The number of benzene rings is 1. The number of hydrogen-bond acceptors (Lipinski definition) is 2. The van der Waals surface area contributed by atoms with Crippen LogP contribution in [0.3, 0.4) is 0 Å². The maximum Gasteiger partial charge on any atom is 0.165 e. The number of nitrogens with zero attached hydrogens (tertiary/aromatic N) is 1. The minimum atomic E-state index is -1.25. The second-order valence-corrected chi connectivity index (χ2v) is 9.06. The van der Waals surface area contributed by atoms with Crippen LogP contribution < -0.4 is 0 Å². The van der Waals surface area contributed by atoms with Crippen LogP contribution in [0.1, 0.15) is 19.4 Å². The summed E-state index contributed by atoms with van der Waals surface area (Å²) in [6.07, 6.45) is 0.000548. The molecule has 4 rings (SSSR count). The average Bonchev–Trinajstić information content (AvgIpc) is 2.98. The zero-order valence-electron chi connectivity index (χ0n) is 11.4. The molecule has 2 saturated carbocycles. The highest BCUT2D eigenvalue weighted by atomic mass is 35.5. The van der Waals surface area contributed by atoms with Crippen molar-refractivity contribution in [2.45, 2.75) is 34.0 Å². The molecule has 2 aliphatic carbocycles. The molecule has 0 saturated heterocycles. The van der Waals surface area contributed by atoms with Crippen LogP contribution in [0.25, 0.3) is 0 Å². The van der Waals surface area contributed by atoms with Crippen LogP contribution in [0.5, 0.6) is 0 Å². The normalized spacial score (nSPS) is 40.0. The molecule has 112 valence electrons. The molecule has 3 atom stereocenters. The van der Waals surface area contributed by atoms with E-state index in [1.807, 2.05) is 25.1 Å². The molecule has 6 heteroatoms. The molecule has 1 aromatic rings. The smallest absolute Gasteiger partial charge is 0.165 e. The van der Waals surface area contributed by atoms with Crippen LogP contribution in [0.4, 0.5) is 0 Å². The van der Waals surface area contributed by atoms with Crippen LogP contribution in [0.15, 0.2) is 35.5 Å². The molecule has 2 fully saturated rings. The molecule has 3 aliphatic rings. The SMILES string of the molecule is CC1(c2ccccc2)C2ON=C(C3(C)C(Cl)(Cl)C3(Cl)Cl)C21. The summed E-state index contributed by atoms with van der Waals surface area (Å²) in [7, 11) is 0. The minimum Gasteiger partial charge on any atom is -0.391 e. The lowest BCUT2D eigenvalue weighted by Crippen LogP contribution is -2.25. The van der Waals surface area contributed by atoms with Gasteiger partial charge in [0.25, 0.3) is 0 Å². The van der Waals surface area contributed by atoms with Gasteiger partial charge in [0.2, 0.25) is 0 Å². The Kier molecular flexibility index (Phi) is 2.64. The van der Waals surface area contributed by atoms with E-state index in [1.165, 1.54) is 5.56 Å². The fourth-order valence-electron chi connectivity index (χ4n) is 3.65. The quantitative estimate of drug-likeness (QED) is 0.697. The number of hydrogen-bond donors (Lipinski definition) is 0. The average molecular weight is 365 g/mol. The van der Waals surface area contributed by atoms with Crippen molar-refractivity contribution in [3.8, 4) is 0 Å². The van der Waals surface area contributed by atoms with E-state index in [0.717, 1.165) is 5.71 Å². The summed E-state index contributed by atoms with van der Waals surface area (Å²) in [6.45, 7) is 4.01. The first kappa shape index (κ1) is 14.4. The molecule has 1 heterocycles. The lowest BCUT2D eigenvalue weighted by molar-refractivity contribution is 0.122. The van der Waals surface area contributed by atoms with Gasteiger partial charge in [-0.25, -0.2) is 0 Å². The predicted octanol–water partition coefficient (Wildman–Crippen LogP) is 4.70. The van der Waals surface area contributed by atoms with Crippen molar-refractivity contribution in [2.24, 2.45) is 16.5 Å². The Morgan fingerprint density at radius 3 is 2.10 bits per heavy atom. The van der Waals surface area contributed by atoms with Crippen LogP contribution >= 0.6 is 46.4 Å². The number of oxime groups is 1. The van der Waals surface area contributed by atoms with Gasteiger partial charge in [-0.2, -0.15) is 0 Å². The molecule has 21 heavy (non-hydrogen) atoms. The first-order chi connectivity index (χ1) is 9.70. The highest BCUT2D eigenvalue weighted by Crippen LogP contribution is 2.81. The second kappa shape index (κ2) is 3.84. The second-order valence-electron chi connectivity index (χ2n) is 6.40. The molecule has 2 nitrogen and oxygen atoms in total. The van der Waals surface area contributed by atoms with Crippen molar-refractivity contribution in [1.29, 1.82) is 0 Å². The van der Waals surface area contributed by atoms with Crippen molar-refractivity contribution in [1.82, 2.24) is 0 Å². The summed E-state index contributed by atoms with van der Waals surface area (Å²) >= 11 is 25.2. The summed E-state index contributed by atoms with van der Waals surface area (Å²) in [5.41, 5.74) is 1.06. The first-order valence-corrected chi connectivity index (χ1v) is 8.27. The van der Waals surface area contributed by atoms with Gasteiger partial charge in [-0.3, -0.25) is 0 Å². The maximum atomic E-state index is 6.31. The Labute approximate surface area is 143 Å². The van der Waals surface area contributed by atoms with Crippen LogP contribution in [-0.4, -0.2) is 20.5 Å². The summed E-state index contributed by atoms with van der Waals surface area (Å²) in [5.74, 6) is 0.112. The largest absolute Gasteiger partial charge is 0.391 e. The summed E-state index contributed by atoms with van der Waals surface area (Å²) < 4.78 is -2.50. The Morgan fingerprint density at radius 1 is 1.00 bits per heavy atom. The Morgan fingerprint density at radius 2 is 1.57 bits per heavy atom. The van der Waals surface area contributed by atoms with Crippen LogP contribution in [0, 0.1) is 11.3 Å².